The summed E-state index contributed by atoms with van der Waals surface area (Å²) >= 11 is 0. The van der Waals surface area contributed by atoms with Crippen molar-refractivity contribution < 1.29 is 9.47 Å². The van der Waals surface area contributed by atoms with E-state index in [-0.39, 0.29) is 0 Å². The third-order valence-electron chi connectivity index (χ3n) is 5.71. The van der Waals surface area contributed by atoms with E-state index < -0.39 is 0 Å². The Balaban J connectivity index is 1.79. The van der Waals surface area contributed by atoms with Gasteiger partial charge in [-0.2, -0.15) is 0 Å². The zero-order valence-electron chi connectivity index (χ0n) is 15.0. The fraction of sp³-hybridized carbons (Fsp3) is 0.524. The highest BCUT2D eigenvalue weighted by molar-refractivity contribution is 5.91. The van der Waals surface area contributed by atoms with Gasteiger partial charge in [-0.1, -0.05) is 30.3 Å². The van der Waals surface area contributed by atoms with Crippen LogP contribution in [0.15, 0.2) is 36.4 Å². The van der Waals surface area contributed by atoms with Gasteiger partial charge in [0.25, 0.3) is 0 Å². The van der Waals surface area contributed by atoms with Crippen LogP contribution in [0.25, 0.3) is 10.8 Å². The quantitative estimate of drug-likeness (QED) is 0.927. The number of hydrogen-bond acceptors (Lipinski definition) is 4. The topological polar surface area (TPSA) is 33.7 Å². The van der Waals surface area contributed by atoms with Crippen LogP contribution in [-0.2, 0) is 4.74 Å². The van der Waals surface area contributed by atoms with Crippen molar-refractivity contribution in [3.8, 4) is 5.75 Å². The van der Waals surface area contributed by atoms with Gasteiger partial charge in [-0.3, -0.25) is 4.90 Å². The van der Waals surface area contributed by atoms with Crippen molar-refractivity contribution in [2.75, 3.05) is 46.5 Å². The Hall–Kier alpha value is -1.62. The lowest BCUT2D eigenvalue weighted by atomic mass is 9.83. The average molecular weight is 340 g/mol. The Morgan fingerprint density at radius 2 is 1.76 bits per heavy atom. The van der Waals surface area contributed by atoms with Crippen LogP contribution in [0, 0.1) is 5.92 Å². The largest absolute Gasteiger partial charge is 0.496 e. The number of fused-ring (bicyclic) bond motifs is 1. The van der Waals surface area contributed by atoms with Crippen molar-refractivity contribution in [1.82, 2.24) is 10.2 Å². The normalized spacial score (nSPS) is 21.3. The van der Waals surface area contributed by atoms with Gasteiger partial charge in [-0.05, 0) is 35.8 Å². The molecule has 0 saturated carbocycles. The summed E-state index contributed by atoms with van der Waals surface area (Å²) in [5.74, 6) is 1.62. The minimum Gasteiger partial charge on any atom is -0.496 e. The van der Waals surface area contributed by atoms with Crippen LogP contribution in [0.5, 0.6) is 5.75 Å². The highest BCUT2D eigenvalue weighted by Crippen LogP contribution is 2.40. The summed E-state index contributed by atoms with van der Waals surface area (Å²) in [6.07, 6.45) is 2.30. The predicted molar refractivity (Wildman–Crippen MR) is 101 cm³/mol. The first-order valence-electron chi connectivity index (χ1n) is 9.46. The predicted octanol–water partition coefficient (Wildman–Crippen LogP) is 3.22. The molecule has 2 fully saturated rings. The Morgan fingerprint density at radius 1 is 1.04 bits per heavy atom. The van der Waals surface area contributed by atoms with E-state index in [2.05, 4.69) is 46.6 Å². The lowest BCUT2D eigenvalue weighted by Crippen LogP contribution is -2.47. The Bertz CT molecular complexity index is 688. The van der Waals surface area contributed by atoms with Gasteiger partial charge in [0.1, 0.15) is 5.75 Å². The summed E-state index contributed by atoms with van der Waals surface area (Å²) in [6.45, 7) is 6.16. The molecule has 2 aromatic carbocycles. The van der Waals surface area contributed by atoms with Gasteiger partial charge in [-0.15, -0.1) is 0 Å². The highest BCUT2D eigenvalue weighted by atomic mass is 16.5. The molecule has 4 nitrogen and oxygen atoms in total. The zero-order chi connectivity index (χ0) is 17.1. The SMILES string of the molecule is COc1ccc([C@@H](C2CCOCC2)N2CCNCC2)c2ccccc12. The maximum atomic E-state index is 5.65. The summed E-state index contributed by atoms with van der Waals surface area (Å²) in [7, 11) is 1.76. The minimum absolute atomic E-state index is 0.460. The molecule has 1 atom stereocenters. The maximum absolute atomic E-state index is 5.65. The van der Waals surface area contributed by atoms with Gasteiger partial charge >= 0.3 is 0 Å². The second kappa shape index (κ2) is 7.73. The molecule has 1 N–H and O–H groups in total. The second-order valence-corrected chi connectivity index (χ2v) is 7.08. The molecule has 0 spiro atoms. The number of piperazine rings is 1. The first-order valence-corrected chi connectivity index (χ1v) is 9.46. The molecule has 4 heteroatoms. The fourth-order valence-electron chi connectivity index (χ4n) is 4.47. The van der Waals surface area contributed by atoms with E-state index in [4.69, 9.17) is 9.47 Å². The van der Waals surface area contributed by atoms with Gasteiger partial charge in [0.05, 0.1) is 7.11 Å². The smallest absolute Gasteiger partial charge is 0.126 e. The van der Waals surface area contributed by atoms with Gasteiger partial charge in [0.15, 0.2) is 0 Å². The van der Waals surface area contributed by atoms with Gasteiger partial charge in [0, 0.05) is 50.8 Å². The van der Waals surface area contributed by atoms with Crippen LogP contribution in [-0.4, -0.2) is 51.4 Å². The molecule has 0 bridgehead atoms. The third-order valence-corrected chi connectivity index (χ3v) is 5.71. The summed E-state index contributed by atoms with van der Waals surface area (Å²) in [5, 5.41) is 6.04. The lowest BCUT2D eigenvalue weighted by molar-refractivity contribution is 0.0217. The molecular weight excluding hydrogens is 312 g/mol. The van der Waals surface area contributed by atoms with Gasteiger partial charge in [0.2, 0.25) is 0 Å². The van der Waals surface area contributed by atoms with Crippen LogP contribution >= 0.6 is 0 Å². The third kappa shape index (κ3) is 3.39. The van der Waals surface area contributed by atoms with E-state index in [1.807, 2.05) is 0 Å². The molecule has 2 aromatic rings. The summed E-state index contributed by atoms with van der Waals surface area (Å²) < 4.78 is 11.3. The van der Waals surface area contributed by atoms with Crippen molar-refractivity contribution >= 4 is 10.8 Å². The van der Waals surface area contributed by atoms with E-state index in [1.54, 1.807) is 7.11 Å². The van der Waals surface area contributed by atoms with E-state index in [0.29, 0.717) is 12.0 Å². The van der Waals surface area contributed by atoms with Crippen molar-refractivity contribution in [1.29, 1.82) is 0 Å². The van der Waals surface area contributed by atoms with E-state index >= 15 is 0 Å². The summed E-state index contributed by atoms with van der Waals surface area (Å²) in [5.41, 5.74) is 1.45. The molecule has 0 radical (unpaired) electrons. The van der Waals surface area contributed by atoms with Crippen LogP contribution in [0.3, 0.4) is 0 Å². The minimum atomic E-state index is 0.460. The van der Waals surface area contributed by atoms with E-state index in [0.717, 1.165) is 58.0 Å². The zero-order valence-corrected chi connectivity index (χ0v) is 15.0. The van der Waals surface area contributed by atoms with Crippen molar-refractivity contribution in [2.45, 2.75) is 18.9 Å². The molecule has 25 heavy (non-hydrogen) atoms. The molecule has 2 heterocycles. The van der Waals surface area contributed by atoms with Crippen LogP contribution in [0.1, 0.15) is 24.4 Å². The molecular formula is C21H28N2O2. The van der Waals surface area contributed by atoms with Gasteiger partial charge < -0.3 is 14.8 Å². The number of nitrogens with one attached hydrogen (secondary N) is 1. The molecule has 0 unspecified atom stereocenters. The molecule has 2 aliphatic rings. The molecule has 0 amide bonds. The maximum Gasteiger partial charge on any atom is 0.126 e. The van der Waals surface area contributed by atoms with Crippen LogP contribution in [0.4, 0.5) is 0 Å². The number of benzene rings is 2. The monoisotopic (exact) mass is 340 g/mol. The lowest BCUT2D eigenvalue weighted by Gasteiger charge is -2.41. The Morgan fingerprint density at radius 3 is 2.48 bits per heavy atom. The number of methoxy groups -OCH3 is 1. The fourth-order valence-corrected chi connectivity index (χ4v) is 4.47. The standard InChI is InChI=1S/C21H28N2O2/c1-24-20-7-6-19(17-4-2-3-5-18(17)20)21(16-8-14-25-15-9-16)23-12-10-22-11-13-23/h2-7,16,21-22H,8-15H2,1H3/t21-/m1/s1. The Labute approximate surface area is 150 Å². The number of rotatable bonds is 4. The average Bonchev–Trinajstić information content (AvgIpc) is 2.70. The number of ether oxygens (including phenoxy) is 2. The van der Waals surface area contributed by atoms with Crippen molar-refractivity contribution in [3.63, 3.8) is 0 Å². The molecule has 4 rings (SSSR count). The first kappa shape index (κ1) is 16.8. The number of hydrogen-bond donors (Lipinski definition) is 1. The van der Waals surface area contributed by atoms with Gasteiger partial charge in [-0.25, -0.2) is 0 Å². The van der Waals surface area contributed by atoms with Crippen LogP contribution < -0.4 is 10.1 Å². The second-order valence-electron chi connectivity index (χ2n) is 7.08. The van der Waals surface area contributed by atoms with E-state index in [9.17, 15) is 0 Å². The molecule has 0 aromatic heterocycles. The summed E-state index contributed by atoms with van der Waals surface area (Å²) in [6, 6.07) is 13.6. The number of nitrogens with zero attached hydrogens (tertiary/aromatic N) is 1. The molecule has 2 aliphatic heterocycles. The molecule has 134 valence electrons. The summed E-state index contributed by atoms with van der Waals surface area (Å²) in [4.78, 5) is 2.68. The Kier molecular flexibility index (Phi) is 5.20. The van der Waals surface area contributed by atoms with Crippen LogP contribution in [0.2, 0.25) is 0 Å². The van der Waals surface area contributed by atoms with E-state index in [1.165, 1.54) is 16.3 Å². The van der Waals surface area contributed by atoms with Crippen molar-refractivity contribution in [2.24, 2.45) is 5.92 Å². The highest BCUT2D eigenvalue weighted by Gasteiger charge is 2.32. The first-order chi connectivity index (χ1) is 12.4. The van der Waals surface area contributed by atoms with Crippen molar-refractivity contribution in [3.05, 3.63) is 42.0 Å². The molecule has 2 saturated heterocycles. The molecule has 0 aliphatic carbocycles.